The van der Waals surface area contributed by atoms with E-state index in [9.17, 15) is 4.79 Å². The number of nitrogens with zero attached hydrogens (tertiary/aromatic N) is 2. The molecule has 1 heterocycles. The minimum absolute atomic E-state index is 0.104. The number of aryl methyl sites for hydroxylation is 1. The maximum atomic E-state index is 12.0. The molecule has 7 nitrogen and oxygen atoms in total. The summed E-state index contributed by atoms with van der Waals surface area (Å²) in [5.41, 5.74) is 2.41. The minimum atomic E-state index is -0.317. The number of ether oxygens (including phenoxy) is 2. The van der Waals surface area contributed by atoms with Gasteiger partial charge in [-0.1, -0.05) is 22.9 Å². The number of hydrogen-bond acceptors (Lipinski definition) is 6. The van der Waals surface area contributed by atoms with Crippen molar-refractivity contribution in [2.24, 2.45) is 0 Å². The zero-order valence-electron chi connectivity index (χ0n) is 17.3. The molecule has 0 aliphatic carbocycles. The molecule has 29 heavy (non-hydrogen) atoms. The predicted octanol–water partition coefficient (Wildman–Crippen LogP) is 4.01. The summed E-state index contributed by atoms with van der Waals surface area (Å²) >= 11 is 0. The lowest BCUT2D eigenvalue weighted by Gasteiger charge is -2.20. The number of carbonyl (C=O) groups excluding carboxylic acids is 1. The summed E-state index contributed by atoms with van der Waals surface area (Å²) in [6.07, 6.45) is 0. The van der Waals surface area contributed by atoms with Gasteiger partial charge in [-0.2, -0.15) is 4.98 Å². The first-order valence-electron chi connectivity index (χ1n) is 9.28. The van der Waals surface area contributed by atoms with Crippen molar-refractivity contribution in [2.75, 3.05) is 13.7 Å². The molecule has 7 heteroatoms. The first-order chi connectivity index (χ1) is 13.7. The van der Waals surface area contributed by atoms with Crippen molar-refractivity contribution in [1.29, 1.82) is 0 Å². The SMILES string of the molecule is COc1cc(-c2noc(-c3ccc(C)cc3)n2)ccc1OCC(=O)NC(C)(C)C. The topological polar surface area (TPSA) is 86.5 Å². The van der Waals surface area contributed by atoms with E-state index in [1.54, 1.807) is 18.2 Å². The fourth-order valence-electron chi connectivity index (χ4n) is 2.68. The van der Waals surface area contributed by atoms with E-state index in [1.807, 2.05) is 52.0 Å². The van der Waals surface area contributed by atoms with E-state index < -0.39 is 0 Å². The molecule has 0 aliphatic heterocycles. The van der Waals surface area contributed by atoms with Gasteiger partial charge in [0.25, 0.3) is 11.8 Å². The third-order valence-electron chi connectivity index (χ3n) is 4.02. The van der Waals surface area contributed by atoms with Gasteiger partial charge >= 0.3 is 0 Å². The van der Waals surface area contributed by atoms with Gasteiger partial charge in [0.05, 0.1) is 7.11 Å². The molecule has 2 aromatic carbocycles. The van der Waals surface area contributed by atoms with E-state index in [0.717, 1.165) is 16.7 Å². The van der Waals surface area contributed by atoms with Gasteiger partial charge in [0.15, 0.2) is 18.1 Å². The first-order valence-corrected chi connectivity index (χ1v) is 9.28. The Bertz CT molecular complexity index is 988. The summed E-state index contributed by atoms with van der Waals surface area (Å²) < 4.78 is 16.4. The molecular formula is C22H25N3O4. The van der Waals surface area contributed by atoms with Crippen LogP contribution in [0.5, 0.6) is 11.5 Å². The number of rotatable bonds is 6. The highest BCUT2D eigenvalue weighted by molar-refractivity contribution is 5.78. The molecule has 0 spiro atoms. The predicted molar refractivity (Wildman–Crippen MR) is 110 cm³/mol. The number of nitrogens with one attached hydrogen (secondary N) is 1. The molecule has 1 aromatic heterocycles. The van der Waals surface area contributed by atoms with Crippen molar-refractivity contribution >= 4 is 5.91 Å². The lowest BCUT2D eigenvalue weighted by molar-refractivity contribution is -0.124. The van der Waals surface area contributed by atoms with E-state index in [4.69, 9.17) is 14.0 Å². The highest BCUT2D eigenvalue weighted by Gasteiger charge is 2.16. The lowest BCUT2D eigenvalue weighted by atomic mass is 10.1. The van der Waals surface area contributed by atoms with Crippen LogP contribution in [0, 0.1) is 6.92 Å². The van der Waals surface area contributed by atoms with Crippen LogP contribution in [0.3, 0.4) is 0 Å². The van der Waals surface area contributed by atoms with Crippen molar-refractivity contribution in [3.63, 3.8) is 0 Å². The van der Waals surface area contributed by atoms with Gasteiger partial charge in [0, 0.05) is 16.7 Å². The van der Waals surface area contributed by atoms with Gasteiger partial charge in [0.2, 0.25) is 5.82 Å². The Labute approximate surface area is 170 Å². The molecule has 0 atom stereocenters. The van der Waals surface area contributed by atoms with Crippen LogP contribution in [0.25, 0.3) is 22.8 Å². The number of carbonyl (C=O) groups is 1. The van der Waals surface area contributed by atoms with Crippen molar-refractivity contribution in [3.05, 3.63) is 48.0 Å². The van der Waals surface area contributed by atoms with Crippen molar-refractivity contribution in [3.8, 4) is 34.3 Å². The average molecular weight is 395 g/mol. The number of hydrogen-bond donors (Lipinski definition) is 1. The second-order valence-corrected chi connectivity index (χ2v) is 7.74. The zero-order chi connectivity index (χ0) is 21.0. The fourth-order valence-corrected chi connectivity index (χ4v) is 2.68. The zero-order valence-corrected chi connectivity index (χ0v) is 17.3. The molecule has 1 amide bonds. The van der Waals surface area contributed by atoms with Crippen LogP contribution in [0.15, 0.2) is 47.0 Å². The molecule has 0 radical (unpaired) electrons. The third-order valence-corrected chi connectivity index (χ3v) is 4.02. The fraction of sp³-hybridized carbons (Fsp3) is 0.318. The van der Waals surface area contributed by atoms with E-state index in [2.05, 4.69) is 15.5 Å². The highest BCUT2D eigenvalue weighted by atomic mass is 16.5. The Morgan fingerprint density at radius 3 is 2.41 bits per heavy atom. The number of aromatic nitrogens is 2. The Morgan fingerprint density at radius 1 is 1.07 bits per heavy atom. The van der Waals surface area contributed by atoms with Crippen molar-refractivity contribution in [1.82, 2.24) is 15.5 Å². The van der Waals surface area contributed by atoms with E-state index in [1.165, 1.54) is 7.11 Å². The molecule has 0 aliphatic rings. The highest BCUT2D eigenvalue weighted by Crippen LogP contribution is 2.32. The summed E-state index contributed by atoms with van der Waals surface area (Å²) in [5.74, 6) is 1.62. The van der Waals surface area contributed by atoms with E-state index in [-0.39, 0.29) is 18.1 Å². The maximum Gasteiger partial charge on any atom is 0.258 e. The van der Waals surface area contributed by atoms with Crippen LogP contribution in [0.4, 0.5) is 0 Å². The standard InChI is InChI=1S/C22H25N3O4/c1-14-6-8-15(9-7-14)21-23-20(25-29-21)16-10-11-17(18(12-16)27-5)28-13-19(26)24-22(2,3)4/h6-12H,13H2,1-5H3,(H,24,26). The molecule has 3 rings (SSSR count). The molecular weight excluding hydrogens is 370 g/mol. The van der Waals surface area contributed by atoms with Crippen LogP contribution in [-0.4, -0.2) is 35.3 Å². The summed E-state index contributed by atoms with van der Waals surface area (Å²) in [6.45, 7) is 7.65. The normalized spacial score (nSPS) is 11.2. The van der Waals surface area contributed by atoms with Gasteiger partial charge < -0.3 is 19.3 Å². The third kappa shape index (κ3) is 5.34. The molecule has 0 bridgehead atoms. The molecule has 152 valence electrons. The Hall–Kier alpha value is -3.35. The van der Waals surface area contributed by atoms with E-state index in [0.29, 0.717) is 23.2 Å². The van der Waals surface area contributed by atoms with Crippen LogP contribution in [0.2, 0.25) is 0 Å². The molecule has 0 saturated heterocycles. The van der Waals surface area contributed by atoms with Crippen LogP contribution >= 0.6 is 0 Å². The average Bonchev–Trinajstić information content (AvgIpc) is 3.15. The monoisotopic (exact) mass is 395 g/mol. The molecule has 0 unspecified atom stereocenters. The van der Waals surface area contributed by atoms with Crippen LogP contribution in [-0.2, 0) is 4.79 Å². The Balaban J connectivity index is 1.75. The molecule has 3 aromatic rings. The summed E-state index contributed by atoms with van der Waals surface area (Å²) in [7, 11) is 1.54. The largest absolute Gasteiger partial charge is 0.493 e. The molecule has 1 N–H and O–H groups in total. The van der Waals surface area contributed by atoms with Crippen LogP contribution < -0.4 is 14.8 Å². The summed E-state index contributed by atoms with van der Waals surface area (Å²) in [6, 6.07) is 13.1. The quantitative estimate of drug-likeness (QED) is 0.679. The summed E-state index contributed by atoms with van der Waals surface area (Å²) in [5, 5.41) is 6.91. The van der Waals surface area contributed by atoms with Crippen molar-refractivity contribution in [2.45, 2.75) is 33.2 Å². The Morgan fingerprint density at radius 2 is 1.76 bits per heavy atom. The van der Waals surface area contributed by atoms with Gasteiger partial charge in [-0.15, -0.1) is 0 Å². The second kappa shape index (κ2) is 8.34. The smallest absolute Gasteiger partial charge is 0.258 e. The van der Waals surface area contributed by atoms with Crippen molar-refractivity contribution < 1.29 is 18.8 Å². The van der Waals surface area contributed by atoms with Gasteiger partial charge in [-0.05, 0) is 58.0 Å². The number of methoxy groups -OCH3 is 1. The summed E-state index contributed by atoms with van der Waals surface area (Å²) in [4.78, 5) is 16.4. The Kier molecular flexibility index (Phi) is 5.87. The van der Waals surface area contributed by atoms with Gasteiger partial charge in [0.1, 0.15) is 0 Å². The number of amides is 1. The van der Waals surface area contributed by atoms with Crippen LogP contribution in [0.1, 0.15) is 26.3 Å². The molecule has 0 saturated carbocycles. The van der Waals surface area contributed by atoms with Gasteiger partial charge in [-0.25, -0.2) is 0 Å². The lowest BCUT2D eigenvalue weighted by Crippen LogP contribution is -2.43. The maximum absolute atomic E-state index is 12.0. The minimum Gasteiger partial charge on any atom is -0.493 e. The van der Waals surface area contributed by atoms with E-state index >= 15 is 0 Å². The second-order valence-electron chi connectivity index (χ2n) is 7.74. The first kappa shape index (κ1) is 20.4. The number of benzene rings is 2. The molecule has 0 fully saturated rings. The van der Waals surface area contributed by atoms with Gasteiger partial charge in [-0.3, -0.25) is 4.79 Å².